The summed E-state index contributed by atoms with van der Waals surface area (Å²) in [7, 11) is 0. The lowest BCUT2D eigenvalue weighted by atomic mass is 10.1. The van der Waals surface area contributed by atoms with Crippen LogP contribution < -0.4 is 0 Å². The monoisotopic (exact) mass is 305 g/mol. The van der Waals surface area contributed by atoms with Gasteiger partial charge in [-0.05, 0) is 37.0 Å². The van der Waals surface area contributed by atoms with Crippen LogP contribution in [-0.4, -0.2) is 14.8 Å². The first-order chi connectivity index (χ1) is 8.84. The van der Waals surface area contributed by atoms with Gasteiger partial charge >= 0.3 is 0 Å². The average Bonchev–Trinajstić information content (AvgIpc) is 2.87. The summed E-state index contributed by atoms with van der Waals surface area (Å²) in [6.07, 6.45) is 11.1. The molecule has 0 bridgehead atoms. The highest BCUT2D eigenvalue weighted by atomic mass is 79.9. The van der Waals surface area contributed by atoms with E-state index >= 15 is 0 Å². The third-order valence-electron chi connectivity index (χ3n) is 2.63. The molecule has 0 aliphatic heterocycles. The molecular formula is C14H16BrN3. The van der Waals surface area contributed by atoms with Crippen LogP contribution >= 0.6 is 15.9 Å². The fourth-order valence-corrected chi connectivity index (χ4v) is 2.13. The van der Waals surface area contributed by atoms with Gasteiger partial charge in [-0.15, -0.1) is 0 Å². The Morgan fingerprint density at radius 3 is 3.00 bits per heavy atom. The summed E-state index contributed by atoms with van der Waals surface area (Å²) < 4.78 is 2.99. The van der Waals surface area contributed by atoms with E-state index < -0.39 is 0 Å². The SMILES string of the molecule is Brc1cccc(/C=C/CCCCn2cncn2)c1. The lowest BCUT2D eigenvalue weighted by Crippen LogP contribution is -1.97. The van der Waals surface area contributed by atoms with E-state index in [1.807, 2.05) is 10.7 Å². The zero-order chi connectivity index (χ0) is 12.6. The van der Waals surface area contributed by atoms with Crippen molar-refractivity contribution < 1.29 is 0 Å². The molecule has 0 saturated carbocycles. The first-order valence-corrected chi connectivity index (χ1v) is 6.88. The van der Waals surface area contributed by atoms with Gasteiger partial charge in [-0.25, -0.2) is 4.98 Å². The van der Waals surface area contributed by atoms with Crippen LogP contribution in [0.1, 0.15) is 24.8 Å². The number of unbranched alkanes of at least 4 members (excludes halogenated alkanes) is 2. The van der Waals surface area contributed by atoms with Crippen LogP contribution in [0.15, 0.2) is 47.5 Å². The van der Waals surface area contributed by atoms with Crippen molar-refractivity contribution in [3.63, 3.8) is 0 Å². The van der Waals surface area contributed by atoms with Crippen LogP contribution in [-0.2, 0) is 6.54 Å². The minimum Gasteiger partial charge on any atom is -0.253 e. The first kappa shape index (κ1) is 13.0. The van der Waals surface area contributed by atoms with Gasteiger partial charge in [-0.3, -0.25) is 4.68 Å². The van der Waals surface area contributed by atoms with E-state index in [1.165, 1.54) is 12.0 Å². The van der Waals surface area contributed by atoms with Crippen molar-refractivity contribution >= 4 is 22.0 Å². The van der Waals surface area contributed by atoms with Crippen LogP contribution in [0.4, 0.5) is 0 Å². The number of benzene rings is 1. The molecule has 1 heterocycles. The Bertz CT molecular complexity index is 492. The maximum Gasteiger partial charge on any atom is 0.137 e. The number of aryl methyl sites for hydroxylation is 1. The van der Waals surface area contributed by atoms with E-state index in [4.69, 9.17) is 0 Å². The second kappa shape index (κ2) is 7.11. The first-order valence-electron chi connectivity index (χ1n) is 6.09. The standard InChI is InChI=1S/C14H16BrN3/c15-14-8-5-7-13(10-14)6-3-1-2-4-9-18-12-16-11-17-18/h3,5-8,10-12H,1-2,4,9H2/b6-3+. The molecule has 4 heteroatoms. The van der Waals surface area contributed by atoms with Crippen LogP contribution in [0.3, 0.4) is 0 Å². The fourth-order valence-electron chi connectivity index (χ4n) is 1.71. The summed E-state index contributed by atoms with van der Waals surface area (Å²) in [5, 5.41) is 4.07. The highest BCUT2D eigenvalue weighted by molar-refractivity contribution is 9.10. The second-order valence-electron chi connectivity index (χ2n) is 4.11. The Labute approximate surface area is 116 Å². The summed E-state index contributed by atoms with van der Waals surface area (Å²) in [4.78, 5) is 3.92. The predicted octanol–water partition coefficient (Wildman–Crippen LogP) is 3.92. The number of halogens is 1. The van der Waals surface area contributed by atoms with Gasteiger partial charge in [-0.1, -0.05) is 40.2 Å². The van der Waals surface area contributed by atoms with Crippen molar-refractivity contribution in [2.75, 3.05) is 0 Å². The Morgan fingerprint density at radius 1 is 1.28 bits per heavy atom. The molecule has 0 aliphatic rings. The van der Waals surface area contributed by atoms with Gasteiger partial charge in [0.1, 0.15) is 12.7 Å². The van der Waals surface area contributed by atoms with Crippen LogP contribution in [0.2, 0.25) is 0 Å². The average molecular weight is 306 g/mol. The third kappa shape index (κ3) is 4.45. The van der Waals surface area contributed by atoms with E-state index in [0.717, 1.165) is 23.9 Å². The number of nitrogens with zero attached hydrogens (tertiary/aromatic N) is 3. The molecule has 0 spiro atoms. The molecule has 1 aromatic carbocycles. The molecule has 2 rings (SSSR count). The van der Waals surface area contributed by atoms with Crippen molar-refractivity contribution in [1.29, 1.82) is 0 Å². The van der Waals surface area contributed by atoms with Gasteiger partial charge in [-0.2, -0.15) is 5.10 Å². The van der Waals surface area contributed by atoms with Crippen molar-refractivity contribution in [3.05, 3.63) is 53.0 Å². The number of hydrogen-bond donors (Lipinski definition) is 0. The maximum atomic E-state index is 4.07. The van der Waals surface area contributed by atoms with Gasteiger partial charge in [0.05, 0.1) is 0 Å². The quantitative estimate of drug-likeness (QED) is 0.757. The van der Waals surface area contributed by atoms with Gasteiger partial charge < -0.3 is 0 Å². The lowest BCUT2D eigenvalue weighted by molar-refractivity contribution is 0.559. The minimum atomic E-state index is 0.949. The molecule has 0 N–H and O–H groups in total. The molecule has 1 aromatic heterocycles. The van der Waals surface area contributed by atoms with Crippen molar-refractivity contribution in [2.24, 2.45) is 0 Å². The Balaban J connectivity index is 1.66. The smallest absolute Gasteiger partial charge is 0.137 e. The molecule has 0 aliphatic carbocycles. The Morgan fingerprint density at radius 2 is 2.22 bits per heavy atom. The number of aromatic nitrogens is 3. The van der Waals surface area contributed by atoms with E-state index in [0.29, 0.717) is 0 Å². The van der Waals surface area contributed by atoms with Gasteiger partial charge in [0.15, 0.2) is 0 Å². The molecule has 18 heavy (non-hydrogen) atoms. The normalized spacial score (nSPS) is 11.2. The van der Waals surface area contributed by atoms with E-state index in [2.05, 4.69) is 56.4 Å². The molecule has 0 amide bonds. The number of allylic oxidation sites excluding steroid dienone is 1. The molecule has 0 radical (unpaired) electrons. The van der Waals surface area contributed by atoms with E-state index in [-0.39, 0.29) is 0 Å². The molecule has 2 aromatic rings. The predicted molar refractivity (Wildman–Crippen MR) is 77.0 cm³/mol. The summed E-state index contributed by atoms with van der Waals surface area (Å²) in [6, 6.07) is 8.31. The molecule has 0 fully saturated rings. The van der Waals surface area contributed by atoms with Crippen LogP contribution in [0.25, 0.3) is 6.08 Å². The lowest BCUT2D eigenvalue weighted by Gasteiger charge is -1.98. The molecular weight excluding hydrogens is 290 g/mol. The number of hydrogen-bond acceptors (Lipinski definition) is 2. The largest absolute Gasteiger partial charge is 0.253 e. The van der Waals surface area contributed by atoms with Crippen molar-refractivity contribution in [1.82, 2.24) is 14.8 Å². The topological polar surface area (TPSA) is 30.7 Å². The minimum absolute atomic E-state index is 0.949. The molecule has 94 valence electrons. The van der Waals surface area contributed by atoms with Crippen LogP contribution in [0, 0.1) is 0 Å². The van der Waals surface area contributed by atoms with E-state index in [1.54, 1.807) is 12.7 Å². The summed E-state index contributed by atoms with van der Waals surface area (Å²) >= 11 is 3.47. The van der Waals surface area contributed by atoms with Crippen LogP contribution in [0.5, 0.6) is 0 Å². The molecule has 0 unspecified atom stereocenters. The zero-order valence-corrected chi connectivity index (χ0v) is 11.8. The van der Waals surface area contributed by atoms with Crippen molar-refractivity contribution in [2.45, 2.75) is 25.8 Å². The zero-order valence-electron chi connectivity index (χ0n) is 10.2. The van der Waals surface area contributed by atoms with Gasteiger partial charge in [0.25, 0.3) is 0 Å². The number of rotatable bonds is 6. The van der Waals surface area contributed by atoms with Gasteiger partial charge in [0, 0.05) is 11.0 Å². The highest BCUT2D eigenvalue weighted by Gasteiger charge is 1.91. The fraction of sp³-hybridized carbons (Fsp3) is 0.286. The van der Waals surface area contributed by atoms with Crippen molar-refractivity contribution in [3.8, 4) is 0 Å². The van der Waals surface area contributed by atoms with Gasteiger partial charge in [0.2, 0.25) is 0 Å². The third-order valence-corrected chi connectivity index (χ3v) is 3.13. The Hall–Kier alpha value is -1.42. The molecule has 0 atom stereocenters. The highest BCUT2D eigenvalue weighted by Crippen LogP contribution is 2.13. The second-order valence-corrected chi connectivity index (χ2v) is 5.03. The molecule has 0 saturated heterocycles. The maximum absolute atomic E-state index is 4.07. The van der Waals surface area contributed by atoms with E-state index in [9.17, 15) is 0 Å². The Kier molecular flexibility index (Phi) is 5.15. The summed E-state index contributed by atoms with van der Waals surface area (Å²) in [5.41, 5.74) is 1.24. The molecule has 3 nitrogen and oxygen atoms in total. The summed E-state index contributed by atoms with van der Waals surface area (Å²) in [5.74, 6) is 0. The summed E-state index contributed by atoms with van der Waals surface area (Å²) in [6.45, 7) is 0.949.